The molecule has 0 radical (unpaired) electrons. The Bertz CT molecular complexity index is 1820. The van der Waals surface area contributed by atoms with Crippen molar-refractivity contribution in [2.45, 2.75) is 13.5 Å². The smallest absolute Gasteiger partial charge is 0.225 e. The predicted molar refractivity (Wildman–Crippen MR) is 145 cm³/mol. The number of hydrogen-bond donors (Lipinski definition) is 1. The second kappa shape index (κ2) is 9.64. The lowest BCUT2D eigenvalue weighted by Crippen LogP contribution is -2.47. The molecule has 0 amide bonds. The number of anilines is 2. The number of rotatable bonds is 6. The van der Waals surface area contributed by atoms with Crippen molar-refractivity contribution in [3.05, 3.63) is 61.0 Å². The molecular formula is C26H25FN12O. The molecule has 6 heterocycles. The quantitative estimate of drug-likeness (QED) is 0.332. The first-order chi connectivity index (χ1) is 19.5. The molecule has 1 fully saturated rings. The summed E-state index contributed by atoms with van der Waals surface area (Å²) in [5.74, 6) is 0.963. The summed E-state index contributed by atoms with van der Waals surface area (Å²) in [6.07, 6.45) is 8.10. The lowest BCUT2D eigenvalue weighted by Gasteiger charge is -2.36. The Morgan fingerprint density at radius 3 is 2.62 bits per heavy atom. The number of aryl methyl sites for hydroxylation is 1. The molecule has 14 heteroatoms. The lowest BCUT2D eigenvalue weighted by atomic mass is 10.1. The van der Waals surface area contributed by atoms with Crippen molar-refractivity contribution in [3.8, 4) is 22.8 Å². The summed E-state index contributed by atoms with van der Waals surface area (Å²) >= 11 is 0. The van der Waals surface area contributed by atoms with Gasteiger partial charge in [0.2, 0.25) is 11.8 Å². The Morgan fingerprint density at radius 1 is 0.975 bits per heavy atom. The topological polar surface area (TPSA) is 145 Å². The number of hydrogen-bond acceptors (Lipinski definition) is 11. The van der Waals surface area contributed by atoms with Gasteiger partial charge in [-0.15, -0.1) is 5.10 Å². The second-order valence-electron chi connectivity index (χ2n) is 9.58. The molecule has 40 heavy (non-hydrogen) atoms. The first-order valence-corrected chi connectivity index (χ1v) is 12.9. The highest BCUT2D eigenvalue weighted by atomic mass is 19.1. The summed E-state index contributed by atoms with van der Waals surface area (Å²) in [6.45, 7) is 6.15. The summed E-state index contributed by atoms with van der Waals surface area (Å²) in [5.41, 5.74) is 10.1. The minimum absolute atomic E-state index is 0.213. The SMILES string of the molecule is Cc1nc(-c2ccc(F)c(N3CCN(CCn4ncc5c4nc(N)n4nc(-c6cnccn6)nc54)CC3)c2)co1. The van der Waals surface area contributed by atoms with Crippen molar-refractivity contribution in [3.63, 3.8) is 0 Å². The minimum Gasteiger partial charge on any atom is -0.449 e. The largest absolute Gasteiger partial charge is 0.449 e. The Labute approximate surface area is 227 Å². The highest BCUT2D eigenvalue weighted by Gasteiger charge is 2.22. The van der Waals surface area contributed by atoms with Crippen LogP contribution in [0.4, 0.5) is 16.0 Å². The van der Waals surface area contributed by atoms with Gasteiger partial charge in [0.25, 0.3) is 0 Å². The Balaban J connectivity index is 1.04. The number of nitrogens with two attached hydrogens (primary N) is 1. The van der Waals surface area contributed by atoms with E-state index >= 15 is 0 Å². The van der Waals surface area contributed by atoms with Gasteiger partial charge in [0.15, 0.2) is 17.2 Å². The van der Waals surface area contributed by atoms with Crippen molar-refractivity contribution < 1.29 is 8.81 Å². The van der Waals surface area contributed by atoms with Gasteiger partial charge in [-0.05, 0) is 18.2 Å². The average molecular weight is 541 g/mol. The highest BCUT2D eigenvalue weighted by Crippen LogP contribution is 2.28. The zero-order valence-electron chi connectivity index (χ0n) is 21.6. The van der Waals surface area contributed by atoms with Gasteiger partial charge in [0.1, 0.15) is 23.5 Å². The molecule has 1 saturated heterocycles. The number of piperazine rings is 1. The van der Waals surface area contributed by atoms with E-state index in [2.05, 4.69) is 44.9 Å². The molecule has 0 unspecified atom stereocenters. The highest BCUT2D eigenvalue weighted by molar-refractivity contribution is 5.90. The van der Waals surface area contributed by atoms with Crippen LogP contribution in [0.25, 0.3) is 39.5 Å². The van der Waals surface area contributed by atoms with Gasteiger partial charge in [-0.25, -0.2) is 24.0 Å². The first kappa shape index (κ1) is 24.1. The zero-order valence-corrected chi connectivity index (χ0v) is 21.6. The molecule has 5 aromatic heterocycles. The van der Waals surface area contributed by atoms with Gasteiger partial charge in [-0.3, -0.25) is 9.88 Å². The van der Waals surface area contributed by atoms with Gasteiger partial charge in [0, 0.05) is 57.6 Å². The van der Waals surface area contributed by atoms with Crippen molar-refractivity contribution in [2.24, 2.45) is 0 Å². The van der Waals surface area contributed by atoms with E-state index in [4.69, 9.17) is 10.2 Å². The molecule has 7 rings (SSSR count). The van der Waals surface area contributed by atoms with Crippen LogP contribution in [0.3, 0.4) is 0 Å². The van der Waals surface area contributed by atoms with Gasteiger partial charge in [-0.1, -0.05) is 0 Å². The summed E-state index contributed by atoms with van der Waals surface area (Å²) in [7, 11) is 0. The van der Waals surface area contributed by atoms with Gasteiger partial charge >= 0.3 is 0 Å². The molecule has 0 bridgehead atoms. The molecule has 1 aliphatic rings. The third-order valence-corrected chi connectivity index (χ3v) is 7.09. The summed E-state index contributed by atoms with van der Waals surface area (Å²) in [6, 6.07) is 5.06. The fourth-order valence-corrected chi connectivity index (χ4v) is 5.00. The van der Waals surface area contributed by atoms with Crippen LogP contribution >= 0.6 is 0 Å². The van der Waals surface area contributed by atoms with E-state index in [-0.39, 0.29) is 11.8 Å². The van der Waals surface area contributed by atoms with Crippen LogP contribution < -0.4 is 10.6 Å². The predicted octanol–water partition coefficient (Wildman–Crippen LogP) is 2.44. The number of fused-ring (bicyclic) bond motifs is 3. The van der Waals surface area contributed by atoms with Crippen molar-refractivity contribution in [1.82, 2.24) is 49.2 Å². The Morgan fingerprint density at radius 2 is 1.85 bits per heavy atom. The number of aromatic nitrogens is 9. The third kappa shape index (κ3) is 4.27. The Hall–Kier alpha value is -4.98. The number of oxazole rings is 1. The van der Waals surface area contributed by atoms with E-state index in [0.29, 0.717) is 59.7 Å². The maximum absolute atomic E-state index is 14.8. The monoisotopic (exact) mass is 540 g/mol. The van der Waals surface area contributed by atoms with Crippen LogP contribution in [0.2, 0.25) is 0 Å². The fourth-order valence-electron chi connectivity index (χ4n) is 5.00. The van der Waals surface area contributed by atoms with Crippen LogP contribution in [0.15, 0.2) is 53.7 Å². The average Bonchev–Trinajstić information content (AvgIpc) is 3.72. The second-order valence-corrected chi connectivity index (χ2v) is 9.58. The van der Waals surface area contributed by atoms with Gasteiger partial charge < -0.3 is 15.1 Å². The minimum atomic E-state index is -0.244. The van der Waals surface area contributed by atoms with Gasteiger partial charge in [0.05, 0.1) is 30.0 Å². The molecule has 202 valence electrons. The summed E-state index contributed by atoms with van der Waals surface area (Å²) in [4.78, 5) is 26.3. The van der Waals surface area contributed by atoms with Crippen molar-refractivity contribution in [1.29, 1.82) is 0 Å². The zero-order chi connectivity index (χ0) is 27.2. The maximum Gasteiger partial charge on any atom is 0.225 e. The van der Waals surface area contributed by atoms with Crippen LogP contribution in [0.5, 0.6) is 0 Å². The Kier molecular flexibility index (Phi) is 5.81. The van der Waals surface area contributed by atoms with Crippen LogP contribution in [0, 0.1) is 12.7 Å². The summed E-state index contributed by atoms with van der Waals surface area (Å²) < 4.78 is 23.4. The van der Waals surface area contributed by atoms with E-state index in [0.717, 1.165) is 30.6 Å². The van der Waals surface area contributed by atoms with E-state index < -0.39 is 0 Å². The normalized spacial score (nSPS) is 14.5. The molecule has 6 aromatic rings. The molecule has 0 saturated carbocycles. The lowest BCUT2D eigenvalue weighted by molar-refractivity contribution is 0.245. The third-order valence-electron chi connectivity index (χ3n) is 7.09. The number of nitrogen functional groups attached to an aromatic ring is 1. The molecule has 1 aliphatic heterocycles. The summed E-state index contributed by atoms with van der Waals surface area (Å²) in [5, 5.41) is 9.76. The van der Waals surface area contributed by atoms with E-state index in [1.165, 1.54) is 10.6 Å². The molecule has 1 aromatic carbocycles. The first-order valence-electron chi connectivity index (χ1n) is 12.9. The van der Waals surface area contributed by atoms with E-state index in [1.54, 1.807) is 44.0 Å². The van der Waals surface area contributed by atoms with Crippen LogP contribution in [0.1, 0.15) is 5.89 Å². The van der Waals surface area contributed by atoms with Gasteiger partial charge in [-0.2, -0.15) is 14.6 Å². The molecular weight excluding hydrogens is 515 g/mol. The number of nitrogens with zero attached hydrogens (tertiary/aromatic N) is 11. The van der Waals surface area contributed by atoms with Crippen molar-refractivity contribution >= 4 is 28.3 Å². The van der Waals surface area contributed by atoms with Crippen molar-refractivity contribution in [2.75, 3.05) is 43.4 Å². The fraction of sp³-hybridized carbons (Fsp3) is 0.269. The van der Waals surface area contributed by atoms with E-state index in [1.807, 2.05) is 10.7 Å². The molecule has 0 aliphatic carbocycles. The molecule has 0 atom stereocenters. The van der Waals surface area contributed by atoms with Crippen LogP contribution in [-0.4, -0.2) is 81.9 Å². The number of benzene rings is 1. The standard InChI is InChI=1S/C26H25FN12O/c1-16-32-21(15-40-16)17-2-3-19(27)22(12-17)37-9-6-36(7-10-37)8-11-38-24-18(13-31-38)25-33-23(20-14-29-4-5-30-20)35-39(25)26(28)34-24/h2-5,12-15H,6-11H2,1H3,(H2,28,34). The number of halogens is 1. The molecule has 13 nitrogen and oxygen atoms in total. The van der Waals surface area contributed by atoms with Crippen LogP contribution in [-0.2, 0) is 6.54 Å². The molecule has 2 N–H and O–H groups in total. The maximum atomic E-state index is 14.8. The van der Waals surface area contributed by atoms with E-state index in [9.17, 15) is 4.39 Å². The molecule has 0 spiro atoms.